The summed E-state index contributed by atoms with van der Waals surface area (Å²) in [6.07, 6.45) is 1.01. The van der Waals surface area contributed by atoms with Crippen LogP contribution < -0.4 is 4.90 Å². The van der Waals surface area contributed by atoms with Crippen molar-refractivity contribution in [3.63, 3.8) is 0 Å². The molecule has 1 aromatic heterocycles. The van der Waals surface area contributed by atoms with Gasteiger partial charge >= 0.3 is 5.97 Å². The molecule has 1 N–H and O–H groups in total. The molecule has 7 heteroatoms. The van der Waals surface area contributed by atoms with E-state index in [0.717, 1.165) is 4.90 Å². The fourth-order valence-corrected chi connectivity index (χ4v) is 3.02. The molecule has 1 aliphatic heterocycles. The summed E-state index contributed by atoms with van der Waals surface area (Å²) < 4.78 is 4.89. The second-order valence-corrected chi connectivity index (χ2v) is 5.89. The predicted molar refractivity (Wildman–Crippen MR) is 92.5 cm³/mol. The van der Waals surface area contributed by atoms with Crippen molar-refractivity contribution in [3.05, 3.63) is 59.9 Å². The van der Waals surface area contributed by atoms with Gasteiger partial charge in [0.15, 0.2) is 11.4 Å². The van der Waals surface area contributed by atoms with Crippen molar-refractivity contribution >= 4 is 23.3 Å². The normalized spacial score (nSPS) is 18.5. The first-order valence-corrected chi connectivity index (χ1v) is 8.21. The van der Waals surface area contributed by atoms with E-state index in [2.05, 4.69) is 4.98 Å². The van der Waals surface area contributed by atoms with Gasteiger partial charge < -0.3 is 9.84 Å². The Hall–Kier alpha value is -3.06. The van der Waals surface area contributed by atoms with Crippen molar-refractivity contribution in [1.29, 1.82) is 0 Å². The number of esters is 1. The van der Waals surface area contributed by atoms with Gasteiger partial charge in [0.25, 0.3) is 5.91 Å². The Morgan fingerprint density at radius 2 is 1.92 bits per heavy atom. The fourth-order valence-electron chi connectivity index (χ4n) is 3.02. The molecule has 26 heavy (non-hydrogen) atoms. The molecular formula is C19H18N2O5. The second-order valence-electron chi connectivity index (χ2n) is 5.89. The highest BCUT2D eigenvalue weighted by Gasteiger charge is 2.51. The van der Waals surface area contributed by atoms with Crippen LogP contribution in [-0.2, 0) is 19.9 Å². The van der Waals surface area contributed by atoms with Crippen LogP contribution in [0.1, 0.15) is 29.4 Å². The molecule has 1 aliphatic rings. The van der Waals surface area contributed by atoms with Gasteiger partial charge in [-0.2, -0.15) is 0 Å². The largest absolute Gasteiger partial charge is 0.465 e. The van der Waals surface area contributed by atoms with Crippen LogP contribution in [0.5, 0.6) is 0 Å². The molecule has 0 unspecified atom stereocenters. The average molecular weight is 354 g/mol. The zero-order valence-electron chi connectivity index (χ0n) is 14.2. The molecule has 1 amide bonds. The van der Waals surface area contributed by atoms with Gasteiger partial charge in [-0.1, -0.05) is 24.3 Å². The first kappa shape index (κ1) is 17.8. The van der Waals surface area contributed by atoms with Gasteiger partial charge in [0.1, 0.15) is 12.2 Å². The Balaban J connectivity index is 1.93. The van der Waals surface area contributed by atoms with Gasteiger partial charge in [0, 0.05) is 11.8 Å². The number of hydrogen-bond donors (Lipinski definition) is 1. The van der Waals surface area contributed by atoms with Crippen molar-refractivity contribution in [2.75, 3.05) is 18.1 Å². The van der Waals surface area contributed by atoms with Gasteiger partial charge in [-0.3, -0.25) is 24.3 Å². The molecule has 0 saturated heterocycles. The van der Waals surface area contributed by atoms with Crippen LogP contribution in [0.3, 0.4) is 0 Å². The Bertz CT molecular complexity index is 852. The molecule has 3 rings (SSSR count). The van der Waals surface area contributed by atoms with E-state index in [1.54, 1.807) is 43.3 Å². The summed E-state index contributed by atoms with van der Waals surface area (Å²) in [6.45, 7) is 1.52. The molecule has 2 aromatic rings. The molecule has 0 saturated carbocycles. The topological polar surface area (TPSA) is 96.8 Å². The minimum atomic E-state index is -2.04. The monoisotopic (exact) mass is 354 g/mol. The number of carbonyl (C=O) groups is 3. The van der Waals surface area contributed by atoms with E-state index in [9.17, 15) is 19.5 Å². The van der Waals surface area contributed by atoms with Crippen LogP contribution >= 0.6 is 0 Å². The van der Waals surface area contributed by atoms with Crippen LogP contribution in [0.15, 0.2) is 48.7 Å². The SMILES string of the molecule is CCOC(=O)CN1C(=O)[C@](O)(CC(=O)c2ccccn2)c2ccccc21. The molecule has 1 atom stereocenters. The lowest BCUT2D eigenvalue weighted by Gasteiger charge is -2.22. The molecule has 2 heterocycles. The standard InChI is InChI=1S/C19H18N2O5/c1-2-26-17(23)12-21-15-9-4-3-7-13(15)19(25,18(21)24)11-16(22)14-8-5-6-10-20-14/h3-10,25H,2,11-12H2,1H3/t19-/m0/s1. The average Bonchev–Trinajstić information content (AvgIpc) is 2.85. The van der Waals surface area contributed by atoms with E-state index in [0.29, 0.717) is 11.3 Å². The van der Waals surface area contributed by atoms with Gasteiger partial charge in [-0.25, -0.2) is 0 Å². The van der Waals surface area contributed by atoms with Crippen LogP contribution in [0.4, 0.5) is 5.69 Å². The first-order chi connectivity index (χ1) is 12.5. The number of rotatable bonds is 6. The number of para-hydroxylation sites is 1. The number of carbonyl (C=O) groups excluding carboxylic acids is 3. The van der Waals surface area contributed by atoms with Crippen molar-refractivity contribution in [2.45, 2.75) is 18.9 Å². The third-order valence-electron chi connectivity index (χ3n) is 4.20. The molecule has 0 bridgehead atoms. The Kier molecular flexibility index (Phi) is 4.81. The first-order valence-electron chi connectivity index (χ1n) is 8.21. The van der Waals surface area contributed by atoms with Crippen molar-refractivity contribution in [3.8, 4) is 0 Å². The number of Topliss-reactive ketones (excluding diaryl/α,β-unsaturated/α-hetero) is 1. The number of anilines is 1. The fraction of sp³-hybridized carbons (Fsp3) is 0.263. The minimum absolute atomic E-state index is 0.162. The number of fused-ring (bicyclic) bond motifs is 1. The lowest BCUT2D eigenvalue weighted by molar-refractivity contribution is -0.144. The van der Waals surface area contributed by atoms with Crippen LogP contribution in [0, 0.1) is 0 Å². The number of ether oxygens (including phenoxy) is 1. The lowest BCUT2D eigenvalue weighted by Crippen LogP contribution is -2.44. The van der Waals surface area contributed by atoms with E-state index in [1.807, 2.05) is 0 Å². The molecule has 0 fully saturated rings. The van der Waals surface area contributed by atoms with Crippen molar-refractivity contribution < 1.29 is 24.2 Å². The molecule has 1 aromatic carbocycles. The van der Waals surface area contributed by atoms with E-state index in [-0.39, 0.29) is 18.8 Å². The van der Waals surface area contributed by atoms with Crippen LogP contribution in [0.2, 0.25) is 0 Å². The summed E-state index contributed by atoms with van der Waals surface area (Å²) in [4.78, 5) is 42.3. The van der Waals surface area contributed by atoms with Gasteiger partial charge in [0.05, 0.1) is 18.7 Å². The maximum atomic E-state index is 12.9. The number of aromatic nitrogens is 1. The maximum Gasteiger partial charge on any atom is 0.326 e. The second kappa shape index (κ2) is 7.05. The zero-order chi connectivity index (χ0) is 18.7. The molecule has 7 nitrogen and oxygen atoms in total. The third-order valence-corrected chi connectivity index (χ3v) is 4.20. The van der Waals surface area contributed by atoms with Gasteiger partial charge in [-0.05, 0) is 25.1 Å². The molecule has 0 aliphatic carbocycles. The van der Waals surface area contributed by atoms with Crippen molar-refractivity contribution in [1.82, 2.24) is 4.98 Å². The van der Waals surface area contributed by atoms with Crippen LogP contribution in [-0.4, -0.2) is 40.9 Å². The Labute approximate surface area is 150 Å². The predicted octanol–water partition coefficient (Wildman–Crippen LogP) is 1.45. The number of nitrogens with zero attached hydrogens (tertiary/aromatic N) is 2. The van der Waals surface area contributed by atoms with Crippen LogP contribution in [0.25, 0.3) is 0 Å². The smallest absolute Gasteiger partial charge is 0.326 e. The zero-order valence-corrected chi connectivity index (χ0v) is 14.2. The highest BCUT2D eigenvalue weighted by atomic mass is 16.5. The number of benzene rings is 1. The molecule has 134 valence electrons. The van der Waals surface area contributed by atoms with Gasteiger partial charge in [-0.15, -0.1) is 0 Å². The maximum absolute atomic E-state index is 12.9. The summed E-state index contributed by atoms with van der Waals surface area (Å²) in [7, 11) is 0. The van der Waals surface area contributed by atoms with E-state index in [4.69, 9.17) is 4.74 Å². The molecular weight excluding hydrogens is 336 g/mol. The summed E-state index contributed by atoms with van der Waals surface area (Å²) in [5.41, 5.74) is -1.20. The van der Waals surface area contributed by atoms with E-state index in [1.165, 1.54) is 12.3 Å². The summed E-state index contributed by atoms with van der Waals surface area (Å²) in [5, 5.41) is 11.1. The molecule has 0 radical (unpaired) electrons. The van der Waals surface area contributed by atoms with Crippen molar-refractivity contribution in [2.24, 2.45) is 0 Å². The highest BCUT2D eigenvalue weighted by Crippen LogP contribution is 2.42. The number of hydrogen-bond acceptors (Lipinski definition) is 6. The highest BCUT2D eigenvalue weighted by molar-refractivity contribution is 6.12. The summed E-state index contributed by atoms with van der Waals surface area (Å²) >= 11 is 0. The Morgan fingerprint density at radius 1 is 1.19 bits per heavy atom. The number of aliphatic hydroxyl groups is 1. The number of pyridine rings is 1. The van der Waals surface area contributed by atoms with E-state index < -0.39 is 29.7 Å². The Morgan fingerprint density at radius 3 is 2.62 bits per heavy atom. The van der Waals surface area contributed by atoms with E-state index >= 15 is 0 Å². The molecule has 0 spiro atoms. The number of ketones is 1. The third kappa shape index (κ3) is 3.09. The van der Waals surface area contributed by atoms with Gasteiger partial charge in [0.2, 0.25) is 0 Å². The number of amides is 1. The summed E-state index contributed by atoms with van der Waals surface area (Å²) in [5.74, 6) is -1.78. The lowest BCUT2D eigenvalue weighted by atomic mass is 9.89. The summed E-state index contributed by atoms with van der Waals surface area (Å²) in [6, 6.07) is 11.4. The quantitative estimate of drug-likeness (QED) is 0.623. The minimum Gasteiger partial charge on any atom is -0.465 e.